The molecule has 10 heteroatoms. The van der Waals surface area contributed by atoms with Gasteiger partial charge in [0.25, 0.3) is 5.91 Å². The topological polar surface area (TPSA) is 83.6 Å². The van der Waals surface area contributed by atoms with Crippen LogP contribution in [0.5, 0.6) is 0 Å². The van der Waals surface area contributed by atoms with Crippen molar-refractivity contribution in [2.45, 2.75) is 25.4 Å². The average molecular weight is 445 g/mol. The van der Waals surface area contributed by atoms with Gasteiger partial charge in [-0.15, -0.1) is 0 Å². The molecular formula is C17H17ClN2O4S3. The van der Waals surface area contributed by atoms with Crippen molar-refractivity contribution in [2.75, 3.05) is 11.5 Å². The summed E-state index contributed by atoms with van der Waals surface area (Å²) in [5.74, 6) is -0.764. The summed E-state index contributed by atoms with van der Waals surface area (Å²) in [5.41, 5.74) is 0.799. The molecule has 0 spiro atoms. The highest BCUT2D eigenvalue weighted by Gasteiger charge is 2.39. The highest BCUT2D eigenvalue weighted by molar-refractivity contribution is 8.26. The lowest BCUT2D eigenvalue weighted by Crippen LogP contribution is -2.50. The Kier molecular flexibility index (Phi) is 5.95. The lowest BCUT2D eigenvalue weighted by Gasteiger charge is -2.23. The number of nitrogens with one attached hydrogen (secondary N) is 1. The van der Waals surface area contributed by atoms with Crippen LogP contribution in [-0.4, -0.2) is 53.0 Å². The van der Waals surface area contributed by atoms with Crippen molar-refractivity contribution in [3.63, 3.8) is 0 Å². The van der Waals surface area contributed by atoms with Crippen LogP contribution in [0.1, 0.15) is 18.9 Å². The van der Waals surface area contributed by atoms with Gasteiger partial charge in [-0.05, 0) is 37.1 Å². The number of carbonyl (C=O) groups is 2. The van der Waals surface area contributed by atoms with Crippen molar-refractivity contribution in [2.24, 2.45) is 0 Å². The molecule has 6 nitrogen and oxygen atoms in total. The fraction of sp³-hybridized carbons (Fsp3) is 0.353. The van der Waals surface area contributed by atoms with E-state index in [4.69, 9.17) is 23.8 Å². The summed E-state index contributed by atoms with van der Waals surface area (Å²) in [6.07, 6.45) is 2.08. The Morgan fingerprint density at radius 3 is 2.67 bits per heavy atom. The average Bonchev–Trinajstić information content (AvgIpc) is 3.07. The molecule has 3 rings (SSSR count). The maximum Gasteiger partial charge on any atom is 0.266 e. The molecule has 27 heavy (non-hydrogen) atoms. The van der Waals surface area contributed by atoms with Gasteiger partial charge in [0.1, 0.15) is 10.4 Å². The largest absolute Gasteiger partial charge is 0.351 e. The summed E-state index contributed by atoms with van der Waals surface area (Å²) in [7, 11) is -3.10. The van der Waals surface area contributed by atoms with Gasteiger partial charge in [0, 0.05) is 11.1 Å². The van der Waals surface area contributed by atoms with Crippen LogP contribution in [0, 0.1) is 0 Å². The molecule has 2 atom stereocenters. The maximum absolute atomic E-state index is 12.7. The second-order valence-electron chi connectivity index (χ2n) is 6.39. The Morgan fingerprint density at radius 2 is 2.07 bits per heavy atom. The van der Waals surface area contributed by atoms with E-state index in [9.17, 15) is 18.0 Å². The third-order valence-corrected chi connectivity index (χ3v) is 7.69. The van der Waals surface area contributed by atoms with Gasteiger partial charge in [0.2, 0.25) is 5.91 Å². The monoisotopic (exact) mass is 444 g/mol. The van der Waals surface area contributed by atoms with Crippen molar-refractivity contribution >= 4 is 67.6 Å². The molecule has 0 radical (unpaired) electrons. The third-order valence-electron chi connectivity index (χ3n) is 4.34. The van der Waals surface area contributed by atoms with E-state index in [1.807, 2.05) is 0 Å². The second kappa shape index (κ2) is 7.90. The van der Waals surface area contributed by atoms with Gasteiger partial charge in [0.15, 0.2) is 9.84 Å². The van der Waals surface area contributed by atoms with E-state index in [-0.39, 0.29) is 17.4 Å². The molecule has 0 aliphatic carbocycles. The van der Waals surface area contributed by atoms with E-state index < -0.39 is 27.8 Å². The number of sulfone groups is 1. The zero-order valence-electron chi connectivity index (χ0n) is 14.3. The first-order chi connectivity index (χ1) is 12.7. The van der Waals surface area contributed by atoms with Gasteiger partial charge in [-0.2, -0.15) is 0 Å². The van der Waals surface area contributed by atoms with Crippen LogP contribution in [0.2, 0.25) is 5.02 Å². The van der Waals surface area contributed by atoms with Gasteiger partial charge < -0.3 is 5.32 Å². The van der Waals surface area contributed by atoms with Gasteiger partial charge in [-0.25, -0.2) is 8.42 Å². The van der Waals surface area contributed by atoms with Crippen molar-refractivity contribution in [1.82, 2.24) is 10.2 Å². The van der Waals surface area contributed by atoms with Crippen LogP contribution < -0.4 is 5.32 Å². The van der Waals surface area contributed by atoms with Crippen LogP contribution in [-0.2, 0) is 19.4 Å². The van der Waals surface area contributed by atoms with E-state index in [1.54, 1.807) is 37.3 Å². The van der Waals surface area contributed by atoms with Crippen molar-refractivity contribution in [3.8, 4) is 0 Å². The molecule has 1 N–H and O–H groups in total. The Balaban J connectivity index is 1.70. The standard InChI is InChI=1S/C17H17ClN2O4S3/c1-10(15(21)19-13-6-7-27(23,24)9-13)20-16(22)14(26-17(20)25)8-11-2-4-12(18)5-3-11/h2-5,8,10,13H,6-7,9H2,1H3,(H,19,21)/b14-8-/t10-,13+/m1/s1. The molecule has 0 aromatic heterocycles. The van der Waals surface area contributed by atoms with Gasteiger partial charge in [-0.1, -0.05) is 47.7 Å². The Bertz CT molecular complexity index is 928. The minimum Gasteiger partial charge on any atom is -0.351 e. The minimum atomic E-state index is -3.10. The van der Waals surface area contributed by atoms with Crippen LogP contribution in [0.3, 0.4) is 0 Å². The van der Waals surface area contributed by atoms with E-state index in [2.05, 4.69) is 5.32 Å². The molecule has 0 bridgehead atoms. The number of carbonyl (C=O) groups excluding carboxylic acids is 2. The zero-order valence-corrected chi connectivity index (χ0v) is 17.6. The molecule has 1 aromatic carbocycles. The summed E-state index contributed by atoms with van der Waals surface area (Å²) in [6.45, 7) is 1.58. The fourth-order valence-corrected chi connectivity index (χ4v) is 6.09. The normalized spacial score (nSPS) is 24.4. The molecule has 2 aliphatic heterocycles. The number of benzene rings is 1. The summed E-state index contributed by atoms with van der Waals surface area (Å²) in [5, 5.41) is 3.30. The second-order valence-corrected chi connectivity index (χ2v) is 10.7. The van der Waals surface area contributed by atoms with Gasteiger partial charge in [-0.3, -0.25) is 14.5 Å². The number of hydrogen-bond acceptors (Lipinski definition) is 6. The van der Waals surface area contributed by atoms with Gasteiger partial charge >= 0.3 is 0 Å². The van der Waals surface area contributed by atoms with E-state index in [1.165, 1.54) is 4.90 Å². The molecule has 144 valence electrons. The molecule has 2 amide bonds. The van der Waals surface area contributed by atoms with E-state index in [0.717, 1.165) is 17.3 Å². The van der Waals surface area contributed by atoms with E-state index >= 15 is 0 Å². The SMILES string of the molecule is C[C@H](C(=O)N[C@H]1CCS(=O)(=O)C1)N1C(=O)/C(=C/c2ccc(Cl)cc2)SC1=S. The number of thiocarbonyl (C=S) groups is 1. The van der Waals surface area contributed by atoms with Crippen LogP contribution in [0.25, 0.3) is 6.08 Å². The Hall–Kier alpha value is -1.42. The van der Waals surface area contributed by atoms with Crippen molar-refractivity contribution in [3.05, 3.63) is 39.8 Å². The fourth-order valence-electron chi connectivity index (χ4n) is 2.87. The molecular weight excluding hydrogens is 428 g/mol. The highest BCUT2D eigenvalue weighted by Crippen LogP contribution is 2.34. The molecule has 2 aliphatic rings. The summed E-state index contributed by atoms with van der Waals surface area (Å²) in [6, 6.07) is 5.77. The summed E-state index contributed by atoms with van der Waals surface area (Å²) < 4.78 is 23.4. The number of hydrogen-bond donors (Lipinski definition) is 1. The molecule has 2 fully saturated rings. The lowest BCUT2D eigenvalue weighted by atomic mass is 10.2. The predicted molar refractivity (Wildman–Crippen MR) is 111 cm³/mol. The summed E-state index contributed by atoms with van der Waals surface area (Å²) in [4.78, 5) is 26.9. The molecule has 0 unspecified atom stereocenters. The van der Waals surface area contributed by atoms with Crippen LogP contribution in [0.4, 0.5) is 0 Å². The Labute approximate surface area is 172 Å². The number of halogens is 1. The third kappa shape index (κ3) is 4.71. The molecule has 1 aromatic rings. The number of nitrogens with zero attached hydrogens (tertiary/aromatic N) is 1. The maximum atomic E-state index is 12.7. The predicted octanol–water partition coefficient (Wildman–Crippen LogP) is 2.23. The van der Waals surface area contributed by atoms with E-state index in [0.29, 0.717) is 20.7 Å². The first kappa shape index (κ1) is 20.3. The van der Waals surface area contributed by atoms with Crippen LogP contribution >= 0.6 is 35.6 Å². The van der Waals surface area contributed by atoms with Gasteiger partial charge in [0.05, 0.1) is 16.4 Å². The zero-order chi connectivity index (χ0) is 19.8. The summed E-state index contributed by atoms with van der Waals surface area (Å²) >= 11 is 12.3. The molecule has 0 saturated carbocycles. The quantitative estimate of drug-likeness (QED) is 0.566. The van der Waals surface area contributed by atoms with Crippen molar-refractivity contribution in [1.29, 1.82) is 0 Å². The molecule has 2 heterocycles. The smallest absolute Gasteiger partial charge is 0.266 e. The number of thioether (sulfide) groups is 1. The Morgan fingerprint density at radius 1 is 1.41 bits per heavy atom. The lowest BCUT2D eigenvalue weighted by molar-refractivity contribution is -0.132. The first-order valence-electron chi connectivity index (χ1n) is 8.20. The molecule has 2 saturated heterocycles. The first-order valence-corrected chi connectivity index (χ1v) is 11.6. The minimum absolute atomic E-state index is 0.0667. The number of rotatable bonds is 4. The number of amides is 2. The van der Waals surface area contributed by atoms with Crippen molar-refractivity contribution < 1.29 is 18.0 Å². The highest BCUT2D eigenvalue weighted by atomic mass is 35.5. The van der Waals surface area contributed by atoms with Crippen LogP contribution in [0.15, 0.2) is 29.2 Å².